The summed E-state index contributed by atoms with van der Waals surface area (Å²) in [6.45, 7) is 0. The van der Waals surface area contributed by atoms with Gasteiger partial charge in [-0.2, -0.15) is 4.99 Å². The highest BCUT2D eigenvalue weighted by molar-refractivity contribution is 8.13. The summed E-state index contributed by atoms with van der Waals surface area (Å²) in [7, 11) is 0. The molecule has 0 spiro atoms. The van der Waals surface area contributed by atoms with E-state index in [1.165, 1.54) is 24.6 Å². The Morgan fingerprint density at radius 3 is 2.69 bits per heavy atom. The van der Waals surface area contributed by atoms with Crippen molar-refractivity contribution in [1.82, 2.24) is 0 Å². The summed E-state index contributed by atoms with van der Waals surface area (Å²) in [6.07, 6.45) is 2.57. The molecular formula is C12H14N2OS. The molecule has 1 aliphatic rings. The highest BCUT2D eigenvalue weighted by atomic mass is 32.2. The third-order valence-electron chi connectivity index (χ3n) is 2.40. The Balaban J connectivity index is 1.91. The molecule has 4 heteroatoms. The normalized spacial score (nSPS) is 16.1. The molecule has 2 rings (SSSR count). The van der Waals surface area contributed by atoms with Gasteiger partial charge in [0.2, 0.25) is 0 Å². The molecule has 1 aliphatic carbocycles. The topological polar surface area (TPSA) is 55.4 Å². The van der Waals surface area contributed by atoms with Crippen LogP contribution in [0.15, 0.2) is 35.3 Å². The molecule has 3 nitrogen and oxygen atoms in total. The first-order valence-electron chi connectivity index (χ1n) is 5.32. The lowest BCUT2D eigenvalue weighted by molar-refractivity contribution is 0.100. The van der Waals surface area contributed by atoms with E-state index in [4.69, 9.17) is 5.73 Å². The molecule has 0 atom stereocenters. The molecule has 1 aromatic rings. The molecule has 0 heterocycles. The van der Waals surface area contributed by atoms with Crippen LogP contribution in [0.3, 0.4) is 0 Å². The highest BCUT2D eigenvalue weighted by Crippen LogP contribution is 2.32. The largest absolute Gasteiger partial charge is 0.378 e. The van der Waals surface area contributed by atoms with Crippen molar-refractivity contribution < 1.29 is 4.79 Å². The highest BCUT2D eigenvalue weighted by Gasteiger charge is 2.21. The van der Waals surface area contributed by atoms with Crippen molar-refractivity contribution in [2.24, 2.45) is 16.6 Å². The van der Waals surface area contributed by atoms with E-state index in [0.717, 1.165) is 11.7 Å². The molecule has 0 radical (unpaired) electrons. The number of amides is 1. The number of aliphatic imine (C=N–C) groups is 1. The fourth-order valence-corrected chi connectivity index (χ4v) is 2.15. The number of carbonyl (C=O) groups excluding carboxylic acids is 1. The molecule has 0 aliphatic heterocycles. The fraction of sp³-hybridized carbons (Fsp3) is 0.333. The molecule has 16 heavy (non-hydrogen) atoms. The Morgan fingerprint density at radius 2 is 2.06 bits per heavy atom. The van der Waals surface area contributed by atoms with Gasteiger partial charge < -0.3 is 5.73 Å². The first-order chi connectivity index (χ1) is 7.75. The van der Waals surface area contributed by atoms with Gasteiger partial charge in [-0.05, 0) is 30.9 Å². The number of nitrogens with two attached hydrogens (primary N) is 1. The van der Waals surface area contributed by atoms with Crippen LogP contribution in [0.5, 0.6) is 0 Å². The van der Waals surface area contributed by atoms with Gasteiger partial charge in [0.25, 0.3) is 5.91 Å². The predicted molar refractivity (Wildman–Crippen MR) is 67.6 cm³/mol. The number of carbonyl (C=O) groups is 1. The average Bonchev–Trinajstić information content (AvgIpc) is 3.11. The maximum absolute atomic E-state index is 11.6. The second kappa shape index (κ2) is 5.16. The molecule has 0 aromatic heterocycles. The predicted octanol–water partition coefficient (Wildman–Crippen LogP) is 2.28. The Bertz CT molecular complexity index is 399. The van der Waals surface area contributed by atoms with E-state index in [1.807, 2.05) is 18.2 Å². The molecule has 1 saturated carbocycles. The van der Waals surface area contributed by atoms with E-state index >= 15 is 0 Å². The van der Waals surface area contributed by atoms with Gasteiger partial charge in [0.15, 0.2) is 5.17 Å². The zero-order chi connectivity index (χ0) is 11.4. The van der Waals surface area contributed by atoms with Crippen LogP contribution in [0.4, 0.5) is 0 Å². The second-order valence-corrected chi connectivity index (χ2v) is 4.92. The van der Waals surface area contributed by atoms with Gasteiger partial charge in [0, 0.05) is 11.3 Å². The molecule has 0 saturated heterocycles. The first-order valence-corrected chi connectivity index (χ1v) is 6.30. The van der Waals surface area contributed by atoms with Gasteiger partial charge in [0.05, 0.1) is 0 Å². The van der Waals surface area contributed by atoms with Crippen molar-refractivity contribution >= 4 is 22.8 Å². The van der Waals surface area contributed by atoms with Crippen molar-refractivity contribution in [3.8, 4) is 0 Å². The van der Waals surface area contributed by atoms with Crippen LogP contribution < -0.4 is 5.73 Å². The number of nitrogens with zero attached hydrogens (tertiary/aromatic N) is 1. The number of rotatable bonds is 3. The number of hydrogen-bond donors (Lipinski definition) is 1. The lowest BCUT2D eigenvalue weighted by Gasteiger charge is -1.99. The maximum atomic E-state index is 11.6. The van der Waals surface area contributed by atoms with Crippen molar-refractivity contribution in [3.05, 3.63) is 35.9 Å². The van der Waals surface area contributed by atoms with Gasteiger partial charge in [0.1, 0.15) is 0 Å². The minimum Gasteiger partial charge on any atom is -0.378 e. The SMILES string of the molecule is NC(=NC(=O)c1ccccc1)SCC1CC1. The van der Waals surface area contributed by atoms with Crippen molar-refractivity contribution in [3.63, 3.8) is 0 Å². The minimum absolute atomic E-state index is 0.263. The van der Waals surface area contributed by atoms with Crippen molar-refractivity contribution in [2.45, 2.75) is 12.8 Å². The standard InChI is InChI=1S/C12H14N2OS/c13-12(16-8-9-6-7-9)14-11(15)10-4-2-1-3-5-10/h1-5,9H,6-8H2,(H2,13,14,15). The van der Waals surface area contributed by atoms with Gasteiger partial charge >= 0.3 is 0 Å². The van der Waals surface area contributed by atoms with Crippen LogP contribution in [-0.2, 0) is 0 Å². The summed E-state index contributed by atoms with van der Waals surface area (Å²) < 4.78 is 0. The Kier molecular flexibility index (Phi) is 3.62. The molecule has 2 N–H and O–H groups in total. The van der Waals surface area contributed by atoms with E-state index in [-0.39, 0.29) is 5.91 Å². The summed E-state index contributed by atoms with van der Waals surface area (Å²) in [5.41, 5.74) is 6.26. The molecule has 0 bridgehead atoms. The second-order valence-electron chi connectivity index (χ2n) is 3.88. The van der Waals surface area contributed by atoms with Crippen LogP contribution >= 0.6 is 11.8 Å². The monoisotopic (exact) mass is 234 g/mol. The van der Waals surface area contributed by atoms with Crippen LogP contribution in [0.25, 0.3) is 0 Å². The van der Waals surface area contributed by atoms with Gasteiger partial charge in [-0.3, -0.25) is 4.79 Å². The molecule has 84 valence electrons. The third kappa shape index (κ3) is 3.38. The number of benzene rings is 1. The number of thioether (sulfide) groups is 1. The fourth-order valence-electron chi connectivity index (χ4n) is 1.27. The first kappa shape index (κ1) is 11.2. The van der Waals surface area contributed by atoms with Gasteiger partial charge in [-0.25, -0.2) is 0 Å². The summed E-state index contributed by atoms with van der Waals surface area (Å²) in [5, 5.41) is 0.376. The Hall–Kier alpha value is -1.29. The van der Waals surface area contributed by atoms with E-state index < -0.39 is 0 Å². The van der Waals surface area contributed by atoms with Crippen molar-refractivity contribution in [2.75, 3.05) is 5.75 Å². The summed E-state index contributed by atoms with van der Waals surface area (Å²) >= 11 is 1.48. The van der Waals surface area contributed by atoms with Gasteiger partial charge in [-0.15, -0.1) is 0 Å². The van der Waals surface area contributed by atoms with Gasteiger partial charge in [-0.1, -0.05) is 30.0 Å². The van der Waals surface area contributed by atoms with Crippen LogP contribution in [0.2, 0.25) is 0 Å². The maximum Gasteiger partial charge on any atom is 0.279 e. The van der Waals surface area contributed by atoms with E-state index in [9.17, 15) is 4.79 Å². The van der Waals surface area contributed by atoms with Crippen LogP contribution in [-0.4, -0.2) is 16.8 Å². The van der Waals surface area contributed by atoms with Crippen LogP contribution in [0, 0.1) is 5.92 Å². The van der Waals surface area contributed by atoms with Crippen LogP contribution in [0.1, 0.15) is 23.2 Å². The molecule has 1 fully saturated rings. The zero-order valence-electron chi connectivity index (χ0n) is 8.93. The summed E-state index contributed by atoms with van der Waals surface area (Å²) in [5.74, 6) is 1.50. The summed E-state index contributed by atoms with van der Waals surface area (Å²) in [6, 6.07) is 8.98. The average molecular weight is 234 g/mol. The molecule has 1 aromatic carbocycles. The van der Waals surface area contributed by atoms with E-state index in [2.05, 4.69) is 4.99 Å². The Labute approximate surface area is 99.1 Å². The number of amidine groups is 1. The zero-order valence-corrected chi connectivity index (χ0v) is 9.74. The number of hydrogen-bond acceptors (Lipinski definition) is 2. The lowest BCUT2D eigenvalue weighted by Crippen LogP contribution is -2.11. The molecular weight excluding hydrogens is 220 g/mol. The third-order valence-corrected chi connectivity index (χ3v) is 3.42. The van der Waals surface area contributed by atoms with E-state index in [1.54, 1.807) is 12.1 Å². The minimum atomic E-state index is -0.263. The molecule has 1 amide bonds. The summed E-state index contributed by atoms with van der Waals surface area (Å²) in [4.78, 5) is 15.5. The van der Waals surface area contributed by atoms with Crippen molar-refractivity contribution in [1.29, 1.82) is 0 Å². The smallest absolute Gasteiger partial charge is 0.279 e. The Morgan fingerprint density at radius 1 is 1.38 bits per heavy atom. The quantitative estimate of drug-likeness (QED) is 0.645. The molecule has 0 unspecified atom stereocenters. The van der Waals surface area contributed by atoms with E-state index in [0.29, 0.717) is 10.7 Å². The lowest BCUT2D eigenvalue weighted by atomic mass is 10.2.